The van der Waals surface area contributed by atoms with Gasteiger partial charge < -0.3 is 15.5 Å². The molecule has 1 aromatic carbocycles. The van der Waals surface area contributed by atoms with E-state index in [-0.39, 0.29) is 11.5 Å². The number of piperidine rings is 1. The fourth-order valence-corrected chi connectivity index (χ4v) is 3.19. The van der Waals surface area contributed by atoms with Crippen LogP contribution in [0.3, 0.4) is 0 Å². The zero-order valence-corrected chi connectivity index (χ0v) is 10.5. The first-order valence-electron chi connectivity index (χ1n) is 6.69. The van der Waals surface area contributed by atoms with Crippen LogP contribution >= 0.6 is 0 Å². The summed E-state index contributed by atoms with van der Waals surface area (Å²) in [5.41, 5.74) is 0.895. The molecule has 2 aliphatic rings. The molecule has 0 spiro atoms. The maximum absolute atomic E-state index is 9.81. The average Bonchev–Trinajstić information content (AvgIpc) is 2.75. The fraction of sp³-hybridized carbons (Fsp3) is 0.571. The van der Waals surface area contributed by atoms with Gasteiger partial charge in [0.2, 0.25) is 0 Å². The second kappa shape index (κ2) is 4.78. The van der Waals surface area contributed by atoms with Crippen molar-refractivity contribution in [2.75, 3.05) is 19.6 Å². The monoisotopic (exact) mass is 248 g/mol. The topological polar surface area (TPSA) is 55.7 Å². The van der Waals surface area contributed by atoms with Gasteiger partial charge in [0.15, 0.2) is 0 Å². The molecular formula is C14H20N2O2. The van der Waals surface area contributed by atoms with E-state index in [1.54, 1.807) is 12.1 Å². The van der Waals surface area contributed by atoms with E-state index in [2.05, 4.69) is 10.2 Å². The predicted octanol–water partition coefficient (Wildman–Crippen LogP) is 1.28. The van der Waals surface area contributed by atoms with Crippen LogP contribution in [0.15, 0.2) is 18.2 Å². The largest absolute Gasteiger partial charge is 0.508 e. The Labute approximate surface area is 107 Å². The molecule has 0 aromatic heterocycles. The molecule has 98 valence electrons. The number of phenolic OH excluding ortho intramolecular Hbond substituents is 2. The molecule has 18 heavy (non-hydrogen) atoms. The average molecular weight is 248 g/mol. The highest BCUT2D eigenvalue weighted by molar-refractivity contribution is 5.38. The lowest BCUT2D eigenvalue weighted by atomic mass is 9.94. The Hall–Kier alpha value is -1.26. The number of hydrogen-bond donors (Lipinski definition) is 3. The Bertz CT molecular complexity index is 422. The van der Waals surface area contributed by atoms with Crippen molar-refractivity contribution in [3.63, 3.8) is 0 Å². The van der Waals surface area contributed by atoms with E-state index in [1.807, 2.05) is 0 Å². The van der Waals surface area contributed by atoms with Gasteiger partial charge in [-0.3, -0.25) is 4.90 Å². The van der Waals surface area contributed by atoms with E-state index in [9.17, 15) is 10.2 Å². The molecule has 4 nitrogen and oxygen atoms in total. The number of fused-ring (bicyclic) bond motifs is 1. The van der Waals surface area contributed by atoms with Crippen LogP contribution in [-0.2, 0) is 6.54 Å². The van der Waals surface area contributed by atoms with Gasteiger partial charge >= 0.3 is 0 Å². The summed E-state index contributed by atoms with van der Waals surface area (Å²) < 4.78 is 0. The van der Waals surface area contributed by atoms with Gasteiger partial charge in [-0.05, 0) is 31.4 Å². The maximum Gasteiger partial charge on any atom is 0.123 e. The minimum atomic E-state index is 0.119. The molecule has 2 fully saturated rings. The van der Waals surface area contributed by atoms with Crippen LogP contribution in [0.2, 0.25) is 0 Å². The maximum atomic E-state index is 9.81. The first kappa shape index (κ1) is 11.8. The van der Waals surface area contributed by atoms with Crippen LogP contribution in [0.5, 0.6) is 11.5 Å². The van der Waals surface area contributed by atoms with E-state index in [4.69, 9.17) is 0 Å². The fourth-order valence-electron chi connectivity index (χ4n) is 3.19. The number of likely N-dealkylation sites (tertiary alicyclic amines) is 1. The Morgan fingerprint density at radius 2 is 2.17 bits per heavy atom. The number of aromatic hydroxyl groups is 2. The van der Waals surface area contributed by atoms with Gasteiger partial charge in [-0.1, -0.05) is 6.07 Å². The standard InChI is InChI=1S/C14H20N2O2/c17-12-4-3-11(14(18)6-12)8-16-7-10-2-1-5-15-13(10)9-16/h3-4,6,10,13,15,17-18H,1-2,5,7-9H2/t10-,13+/m0/s1. The molecule has 0 amide bonds. The van der Waals surface area contributed by atoms with Gasteiger partial charge in [-0.2, -0.15) is 0 Å². The van der Waals surface area contributed by atoms with E-state index in [0.717, 1.165) is 37.7 Å². The first-order valence-corrected chi connectivity index (χ1v) is 6.69. The van der Waals surface area contributed by atoms with E-state index < -0.39 is 0 Å². The van der Waals surface area contributed by atoms with Gasteiger partial charge in [0.25, 0.3) is 0 Å². The summed E-state index contributed by atoms with van der Waals surface area (Å²) in [6.45, 7) is 4.07. The smallest absolute Gasteiger partial charge is 0.123 e. The summed E-state index contributed by atoms with van der Waals surface area (Å²) in [6, 6.07) is 5.48. The van der Waals surface area contributed by atoms with Crippen molar-refractivity contribution in [3.05, 3.63) is 23.8 Å². The summed E-state index contributed by atoms with van der Waals surface area (Å²) in [4.78, 5) is 2.39. The third-order valence-corrected chi connectivity index (χ3v) is 4.14. The van der Waals surface area contributed by atoms with E-state index in [0.29, 0.717) is 6.04 Å². The summed E-state index contributed by atoms with van der Waals surface area (Å²) >= 11 is 0. The summed E-state index contributed by atoms with van der Waals surface area (Å²) in [5.74, 6) is 1.07. The Morgan fingerprint density at radius 3 is 2.94 bits per heavy atom. The number of nitrogens with zero attached hydrogens (tertiary/aromatic N) is 1. The molecule has 0 bridgehead atoms. The zero-order chi connectivity index (χ0) is 12.5. The van der Waals surface area contributed by atoms with Crippen molar-refractivity contribution in [1.82, 2.24) is 10.2 Å². The van der Waals surface area contributed by atoms with Crippen LogP contribution in [0.1, 0.15) is 18.4 Å². The highest BCUT2D eigenvalue weighted by atomic mass is 16.3. The molecular weight excluding hydrogens is 228 g/mol. The van der Waals surface area contributed by atoms with E-state index in [1.165, 1.54) is 18.9 Å². The minimum Gasteiger partial charge on any atom is -0.508 e. The SMILES string of the molecule is Oc1ccc(CN2C[C@@H]3CCCN[C@@H]3C2)c(O)c1. The molecule has 1 aromatic rings. The third kappa shape index (κ3) is 2.31. The summed E-state index contributed by atoms with van der Waals surface area (Å²) in [6.07, 6.45) is 2.59. The van der Waals surface area contributed by atoms with Crippen molar-refractivity contribution < 1.29 is 10.2 Å². The Morgan fingerprint density at radius 1 is 1.28 bits per heavy atom. The molecule has 0 radical (unpaired) electrons. The normalized spacial score (nSPS) is 28.2. The highest BCUT2D eigenvalue weighted by Gasteiger charge is 2.34. The van der Waals surface area contributed by atoms with Gasteiger partial charge in [-0.25, -0.2) is 0 Å². The Balaban J connectivity index is 1.66. The second-order valence-corrected chi connectivity index (χ2v) is 5.47. The molecule has 0 aliphatic carbocycles. The van der Waals surface area contributed by atoms with Gasteiger partial charge in [0, 0.05) is 37.3 Å². The molecule has 2 aliphatic heterocycles. The molecule has 3 rings (SSSR count). The van der Waals surface area contributed by atoms with Crippen molar-refractivity contribution in [2.45, 2.75) is 25.4 Å². The molecule has 2 atom stereocenters. The molecule has 3 N–H and O–H groups in total. The lowest BCUT2D eigenvalue weighted by molar-refractivity contribution is 0.307. The lowest BCUT2D eigenvalue weighted by Gasteiger charge is -2.24. The molecule has 2 saturated heterocycles. The van der Waals surface area contributed by atoms with Gasteiger partial charge in [0.1, 0.15) is 11.5 Å². The number of nitrogens with one attached hydrogen (secondary N) is 1. The van der Waals surface area contributed by atoms with Gasteiger partial charge in [-0.15, -0.1) is 0 Å². The summed E-state index contributed by atoms with van der Waals surface area (Å²) in [5, 5.41) is 22.7. The van der Waals surface area contributed by atoms with Crippen LogP contribution < -0.4 is 5.32 Å². The van der Waals surface area contributed by atoms with Gasteiger partial charge in [0.05, 0.1) is 0 Å². The predicted molar refractivity (Wildman–Crippen MR) is 69.6 cm³/mol. The van der Waals surface area contributed by atoms with Crippen LogP contribution in [-0.4, -0.2) is 40.8 Å². The van der Waals surface area contributed by atoms with Crippen LogP contribution in [0, 0.1) is 5.92 Å². The Kier molecular flexibility index (Phi) is 3.14. The van der Waals surface area contributed by atoms with Crippen LogP contribution in [0.25, 0.3) is 0 Å². The molecule has 2 heterocycles. The van der Waals surface area contributed by atoms with Crippen molar-refractivity contribution >= 4 is 0 Å². The summed E-state index contributed by atoms with van der Waals surface area (Å²) in [7, 11) is 0. The quantitative estimate of drug-likeness (QED) is 0.738. The number of benzene rings is 1. The number of hydrogen-bond acceptors (Lipinski definition) is 4. The van der Waals surface area contributed by atoms with E-state index >= 15 is 0 Å². The minimum absolute atomic E-state index is 0.119. The van der Waals surface area contributed by atoms with Crippen molar-refractivity contribution in [1.29, 1.82) is 0 Å². The third-order valence-electron chi connectivity index (χ3n) is 4.14. The zero-order valence-electron chi connectivity index (χ0n) is 10.5. The first-order chi connectivity index (χ1) is 8.72. The second-order valence-electron chi connectivity index (χ2n) is 5.47. The van der Waals surface area contributed by atoms with Crippen LogP contribution in [0.4, 0.5) is 0 Å². The lowest BCUT2D eigenvalue weighted by Crippen LogP contribution is -2.40. The highest BCUT2D eigenvalue weighted by Crippen LogP contribution is 2.29. The van der Waals surface area contributed by atoms with Crippen molar-refractivity contribution in [3.8, 4) is 11.5 Å². The molecule has 0 unspecified atom stereocenters. The molecule has 4 heteroatoms. The number of phenols is 2. The number of rotatable bonds is 2. The van der Waals surface area contributed by atoms with Crippen molar-refractivity contribution in [2.24, 2.45) is 5.92 Å². The molecule has 0 saturated carbocycles.